The second-order valence-electron chi connectivity index (χ2n) is 6.48. The second-order valence-corrected chi connectivity index (χ2v) is 8.46. The molecule has 1 aromatic heterocycles. The minimum Gasteiger partial charge on any atom is -0.238 e. The second kappa shape index (κ2) is 6.99. The van der Waals surface area contributed by atoms with Gasteiger partial charge in [0.1, 0.15) is 5.82 Å². The molecular weight excluding hydrogens is 322 g/mol. The van der Waals surface area contributed by atoms with Gasteiger partial charge in [-0.05, 0) is 31.4 Å². The molecule has 2 aromatic rings. The van der Waals surface area contributed by atoms with E-state index in [2.05, 4.69) is 17.1 Å². The molecule has 0 saturated carbocycles. The van der Waals surface area contributed by atoms with Crippen LogP contribution in [0.4, 0.5) is 0 Å². The van der Waals surface area contributed by atoms with Gasteiger partial charge in [0.25, 0.3) is 0 Å². The fourth-order valence-electron chi connectivity index (χ4n) is 3.19. The number of rotatable bonds is 4. The Bertz CT molecular complexity index is 806. The molecule has 0 spiro atoms. The molecule has 1 aromatic carbocycles. The average Bonchev–Trinajstić information content (AvgIpc) is 2.54. The van der Waals surface area contributed by atoms with Crippen molar-refractivity contribution in [3.05, 3.63) is 59.2 Å². The Labute approximate surface area is 143 Å². The van der Waals surface area contributed by atoms with E-state index in [-0.39, 0.29) is 5.92 Å². The fraction of sp³-hybridized carbons (Fsp3) is 0.444. The molecule has 1 atom stereocenters. The summed E-state index contributed by atoms with van der Waals surface area (Å²) in [5.74, 6) is 0.845. The quantitative estimate of drug-likeness (QED) is 0.854. The molecule has 0 aliphatic carbocycles. The molecule has 2 heterocycles. The number of nitrogens with zero attached hydrogens (tertiary/aromatic N) is 3. The molecule has 3 rings (SSSR count). The van der Waals surface area contributed by atoms with Gasteiger partial charge in [-0.25, -0.2) is 22.7 Å². The van der Waals surface area contributed by atoms with Gasteiger partial charge in [0.05, 0.1) is 6.26 Å². The third-order valence-electron chi connectivity index (χ3n) is 4.37. The molecule has 0 N–H and O–H groups in total. The van der Waals surface area contributed by atoms with E-state index < -0.39 is 10.0 Å². The Balaban J connectivity index is 1.83. The van der Waals surface area contributed by atoms with E-state index in [0.29, 0.717) is 13.1 Å². The number of aromatic nitrogens is 2. The van der Waals surface area contributed by atoms with Crippen LogP contribution in [0.1, 0.15) is 41.5 Å². The Kier molecular flexibility index (Phi) is 4.96. The molecule has 0 amide bonds. The molecule has 6 heteroatoms. The smallest absolute Gasteiger partial charge is 0.211 e. The largest absolute Gasteiger partial charge is 0.238 e. The lowest BCUT2D eigenvalue weighted by atomic mass is 9.98. The summed E-state index contributed by atoms with van der Waals surface area (Å²) in [6.07, 6.45) is 3.82. The highest BCUT2D eigenvalue weighted by Crippen LogP contribution is 2.26. The van der Waals surface area contributed by atoms with Gasteiger partial charge in [-0.2, -0.15) is 0 Å². The van der Waals surface area contributed by atoms with E-state index in [0.717, 1.165) is 36.5 Å². The molecule has 128 valence electrons. The Hall–Kier alpha value is -1.79. The topological polar surface area (TPSA) is 63.2 Å². The molecule has 1 aliphatic heterocycles. The van der Waals surface area contributed by atoms with Crippen LogP contribution in [0, 0.1) is 6.92 Å². The highest BCUT2D eigenvalue weighted by molar-refractivity contribution is 7.88. The average molecular weight is 345 g/mol. The van der Waals surface area contributed by atoms with E-state index >= 15 is 0 Å². The lowest BCUT2D eigenvalue weighted by Crippen LogP contribution is -2.38. The van der Waals surface area contributed by atoms with Crippen LogP contribution in [0.25, 0.3) is 0 Å². The standard InChI is InChI=1S/C18H23N3O2S/c1-14-11-17(12-15-7-4-3-5-8-15)20-18(19-14)16-9-6-10-21(13-16)24(2,22)23/h3-5,7-8,11,16H,6,9-10,12-13H2,1-2H3. The van der Waals surface area contributed by atoms with Gasteiger partial charge in [-0.15, -0.1) is 0 Å². The number of sulfonamides is 1. The van der Waals surface area contributed by atoms with E-state index in [1.54, 1.807) is 4.31 Å². The first kappa shape index (κ1) is 17.0. The van der Waals surface area contributed by atoms with Gasteiger partial charge >= 0.3 is 0 Å². The van der Waals surface area contributed by atoms with Crippen molar-refractivity contribution >= 4 is 10.0 Å². The summed E-state index contributed by atoms with van der Waals surface area (Å²) >= 11 is 0. The predicted molar refractivity (Wildman–Crippen MR) is 94.4 cm³/mol. The molecule has 1 fully saturated rings. The van der Waals surface area contributed by atoms with Crippen LogP contribution in [0.15, 0.2) is 36.4 Å². The van der Waals surface area contributed by atoms with Gasteiger partial charge in [-0.1, -0.05) is 30.3 Å². The van der Waals surface area contributed by atoms with Crippen LogP contribution in [0.5, 0.6) is 0 Å². The summed E-state index contributed by atoms with van der Waals surface area (Å²) < 4.78 is 25.2. The molecule has 24 heavy (non-hydrogen) atoms. The number of aryl methyl sites for hydroxylation is 1. The molecule has 1 saturated heterocycles. The highest BCUT2D eigenvalue weighted by Gasteiger charge is 2.28. The molecule has 1 aliphatic rings. The van der Waals surface area contributed by atoms with Crippen molar-refractivity contribution in [3.63, 3.8) is 0 Å². The van der Waals surface area contributed by atoms with Crippen molar-refractivity contribution in [2.75, 3.05) is 19.3 Å². The molecule has 5 nitrogen and oxygen atoms in total. The summed E-state index contributed by atoms with van der Waals surface area (Å²) in [6, 6.07) is 12.2. The number of hydrogen-bond donors (Lipinski definition) is 0. The zero-order valence-electron chi connectivity index (χ0n) is 14.1. The minimum atomic E-state index is -3.16. The summed E-state index contributed by atoms with van der Waals surface area (Å²) in [5, 5.41) is 0. The molecular formula is C18H23N3O2S. The van der Waals surface area contributed by atoms with Crippen LogP contribution >= 0.6 is 0 Å². The van der Waals surface area contributed by atoms with Crippen LogP contribution in [0.3, 0.4) is 0 Å². The maximum Gasteiger partial charge on any atom is 0.211 e. The van der Waals surface area contributed by atoms with Crippen molar-refractivity contribution < 1.29 is 8.42 Å². The van der Waals surface area contributed by atoms with Gasteiger partial charge in [0.15, 0.2) is 0 Å². The number of piperidine rings is 1. The zero-order chi connectivity index (χ0) is 17.2. The fourth-order valence-corrected chi connectivity index (χ4v) is 4.10. The maximum atomic E-state index is 11.8. The van der Waals surface area contributed by atoms with Crippen LogP contribution < -0.4 is 0 Å². The molecule has 0 bridgehead atoms. The Morgan fingerprint density at radius 3 is 2.67 bits per heavy atom. The number of benzene rings is 1. The molecule has 0 radical (unpaired) electrons. The lowest BCUT2D eigenvalue weighted by molar-refractivity contribution is 0.310. The first-order valence-corrected chi connectivity index (χ1v) is 10.1. The monoisotopic (exact) mass is 345 g/mol. The predicted octanol–water partition coefficient (Wildman–Crippen LogP) is 2.51. The van der Waals surface area contributed by atoms with Crippen molar-refractivity contribution in [2.45, 2.75) is 32.1 Å². The van der Waals surface area contributed by atoms with Crippen molar-refractivity contribution in [1.29, 1.82) is 0 Å². The van der Waals surface area contributed by atoms with Crippen molar-refractivity contribution in [2.24, 2.45) is 0 Å². The minimum absolute atomic E-state index is 0.0721. The van der Waals surface area contributed by atoms with Crippen LogP contribution in [-0.4, -0.2) is 42.0 Å². The lowest BCUT2D eigenvalue weighted by Gasteiger charge is -2.30. The first-order chi connectivity index (χ1) is 11.4. The van der Waals surface area contributed by atoms with Gasteiger partial charge in [0, 0.05) is 36.8 Å². The van der Waals surface area contributed by atoms with Crippen molar-refractivity contribution in [1.82, 2.24) is 14.3 Å². The SMILES string of the molecule is Cc1cc(Cc2ccccc2)nc(C2CCCN(S(C)(=O)=O)C2)n1. The van der Waals surface area contributed by atoms with Gasteiger partial charge in [-0.3, -0.25) is 0 Å². The Morgan fingerprint density at radius 2 is 1.96 bits per heavy atom. The molecule has 1 unspecified atom stereocenters. The first-order valence-electron chi connectivity index (χ1n) is 8.25. The Morgan fingerprint density at radius 1 is 1.21 bits per heavy atom. The van der Waals surface area contributed by atoms with Crippen LogP contribution in [-0.2, 0) is 16.4 Å². The zero-order valence-corrected chi connectivity index (χ0v) is 15.0. The third kappa shape index (κ3) is 4.19. The summed E-state index contributed by atoms with van der Waals surface area (Å²) in [7, 11) is -3.16. The van der Waals surface area contributed by atoms with Gasteiger partial charge in [0.2, 0.25) is 10.0 Å². The summed E-state index contributed by atoms with van der Waals surface area (Å²) in [4.78, 5) is 9.32. The maximum absolute atomic E-state index is 11.8. The van der Waals surface area contributed by atoms with E-state index in [1.807, 2.05) is 31.2 Å². The number of hydrogen-bond acceptors (Lipinski definition) is 4. The van der Waals surface area contributed by atoms with Crippen molar-refractivity contribution in [3.8, 4) is 0 Å². The summed E-state index contributed by atoms with van der Waals surface area (Å²) in [5.41, 5.74) is 3.13. The van der Waals surface area contributed by atoms with Gasteiger partial charge < -0.3 is 0 Å². The normalized spacial score (nSPS) is 19.3. The summed E-state index contributed by atoms with van der Waals surface area (Å²) in [6.45, 7) is 3.04. The third-order valence-corrected chi connectivity index (χ3v) is 5.64. The van der Waals surface area contributed by atoms with Crippen LogP contribution in [0.2, 0.25) is 0 Å². The van der Waals surface area contributed by atoms with E-state index in [9.17, 15) is 8.42 Å². The van der Waals surface area contributed by atoms with E-state index in [1.165, 1.54) is 11.8 Å². The van der Waals surface area contributed by atoms with E-state index in [4.69, 9.17) is 4.98 Å². The highest BCUT2D eigenvalue weighted by atomic mass is 32.2.